The Bertz CT molecular complexity index is 963. The van der Waals surface area contributed by atoms with E-state index < -0.39 is 0 Å². The molecule has 1 aromatic heterocycles. The molecular formula is C21H21N3O2. The summed E-state index contributed by atoms with van der Waals surface area (Å²) >= 11 is 0. The number of benzene rings is 2. The number of hydrogen-bond acceptors (Lipinski definition) is 3. The van der Waals surface area contributed by atoms with Gasteiger partial charge in [-0.05, 0) is 36.8 Å². The highest BCUT2D eigenvalue weighted by molar-refractivity contribution is 6.06. The zero-order valence-corrected chi connectivity index (χ0v) is 15.1. The molecule has 0 aliphatic heterocycles. The highest BCUT2D eigenvalue weighted by atomic mass is 16.2. The molecule has 2 amide bonds. The van der Waals surface area contributed by atoms with Gasteiger partial charge in [-0.2, -0.15) is 0 Å². The van der Waals surface area contributed by atoms with Crippen LogP contribution < -0.4 is 5.32 Å². The SMILES string of the molecule is Cc1cc(C(=O)NCc2ccc(C(=O)N(C)C)cc2)c2ccccc2n1. The predicted molar refractivity (Wildman–Crippen MR) is 102 cm³/mol. The molecule has 0 radical (unpaired) electrons. The Morgan fingerprint density at radius 2 is 1.73 bits per heavy atom. The maximum atomic E-state index is 12.6. The van der Waals surface area contributed by atoms with E-state index in [2.05, 4.69) is 10.3 Å². The van der Waals surface area contributed by atoms with Gasteiger partial charge in [0.2, 0.25) is 0 Å². The Hall–Kier alpha value is -3.21. The normalized spacial score (nSPS) is 10.6. The fraction of sp³-hybridized carbons (Fsp3) is 0.190. The molecule has 0 atom stereocenters. The number of nitrogens with zero attached hydrogens (tertiary/aromatic N) is 2. The molecule has 0 spiro atoms. The van der Waals surface area contributed by atoms with Crippen LogP contribution in [0, 0.1) is 6.92 Å². The first kappa shape index (κ1) is 17.6. The van der Waals surface area contributed by atoms with Crippen molar-refractivity contribution in [3.05, 3.63) is 77.0 Å². The summed E-state index contributed by atoms with van der Waals surface area (Å²) in [6, 6.07) is 16.7. The lowest BCUT2D eigenvalue weighted by Gasteiger charge is -2.11. The minimum absolute atomic E-state index is 0.0423. The van der Waals surface area contributed by atoms with E-state index in [1.807, 2.05) is 43.3 Å². The van der Waals surface area contributed by atoms with Gasteiger partial charge in [0, 0.05) is 37.3 Å². The van der Waals surface area contributed by atoms with Gasteiger partial charge in [-0.15, -0.1) is 0 Å². The molecule has 5 nitrogen and oxygen atoms in total. The fourth-order valence-electron chi connectivity index (χ4n) is 2.80. The molecule has 0 aliphatic rings. The average Bonchev–Trinajstić information content (AvgIpc) is 2.65. The highest BCUT2D eigenvalue weighted by Gasteiger charge is 2.12. The quantitative estimate of drug-likeness (QED) is 0.788. The number of rotatable bonds is 4. The number of amides is 2. The molecule has 5 heteroatoms. The summed E-state index contributed by atoms with van der Waals surface area (Å²) in [5.41, 5.74) is 3.79. The number of aromatic nitrogens is 1. The first-order chi connectivity index (χ1) is 12.5. The largest absolute Gasteiger partial charge is 0.348 e. The molecule has 1 heterocycles. The van der Waals surface area contributed by atoms with E-state index >= 15 is 0 Å². The van der Waals surface area contributed by atoms with Crippen LogP contribution in [0.5, 0.6) is 0 Å². The smallest absolute Gasteiger partial charge is 0.253 e. The summed E-state index contributed by atoms with van der Waals surface area (Å²) in [5.74, 6) is -0.181. The zero-order valence-electron chi connectivity index (χ0n) is 15.1. The van der Waals surface area contributed by atoms with Crippen LogP contribution in [0.15, 0.2) is 54.6 Å². The lowest BCUT2D eigenvalue weighted by atomic mass is 10.1. The molecule has 0 saturated carbocycles. The van der Waals surface area contributed by atoms with E-state index in [9.17, 15) is 9.59 Å². The Labute approximate surface area is 152 Å². The van der Waals surface area contributed by atoms with Crippen molar-refractivity contribution in [3.8, 4) is 0 Å². The van der Waals surface area contributed by atoms with E-state index in [1.54, 1.807) is 32.3 Å². The second-order valence-electron chi connectivity index (χ2n) is 6.41. The fourth-order valence-corrected chi connectivity index (χ4v) is 2.80. The molecule has 0 saturated heterocycles. The lowest BCUT2D eigenvalue weighted by molar-refractivity contribution is 0.0827. The van der Waals surface area contributed by atoms with E-state index in [0.717, 1.165) is 22.2 Å². The van der Waals surface area contributed by atoms with Crippen molar-refractivity contribution < 1.29 is 9.59 Å². The van der Waals surface area contributed by atoms with E-state index in [0.29, 0.717) is 17.7 Å². The Balaban J connectivity index is 1.74. The van der Waals surface area contributed by atoms with Crippen LogP contribution in [0.2, 0.25) is 0 Å². The van der Waals surface area contributed by atoms with E-state index in [-0.39, 0.29) is 11.8 Å². The van der Waals surface area contributed by atoms with Crippen LogP contribution in [0.4, 0.5) is 0 Å². The number of aryl methyl sites for hydroxylation is 1. The molecule has 1 N–H and O–H groups in total. The molecule has 2 aromatic carbocycles. The van der Waals surface area contributed by atoms with Crippen molar-refractivity contribution in [1.82, 2.24) is 15.2 Å². The first-order valence-corrected chi connectivity index (χ1v) is 8.41. The lowest BCUT2D eigenvalue weighted by Crippen LogP contribution is -2.24. The Morgan fingerprint density at radius 1 is 1.04 bits per heavy atom. The van der Waals surface area contributed by atoms with E-state index in [1.165, 1.54) is 4.90 Å². The number of carbonyl (C=O) groups is 2. The molecule has 132 valence electrons. The molecule has 3 rings (SSSR count). The number of carbonyl (C=O) groups excluding carboxylic acids is 2. The van der Waals surface area contributed by atoms with Gasteiger partial charge in [0.25, 0.3) is 11.8 Å². The molecule has 0 unspecified atom stereocenters. The topological polar surface area (TPSA) is 62.3 Å². The van der Waals surface area contributed by atoms with Crippen molar-refractivity contribution in [2.45, 2.75) is 13.5 Å². The maximum absolute atomic E-state index is 12.6. The second-order valence-corrected chi connectivity index (χ2v) is 6.41. The molecule has 26 heavy (non-hydrogen) atoms. The maximum Gasteiger partial charge on any atom is 0.253 e. The molecular weight excluding hydrogens is 326 g/mol. The summed E-state index contributed by atoms with van der Waals surface area (Å²) in [6.45, 7) is 2.27. The number of nitrogens with one attached hydrogen (secondary N) is 1. The standard InChI is InChI=1S/C21H21N3O2/c1-14-12-18(17-6-4-5-7-19(17)23-14)20(25)22-13-15-8-10-16(11-9-15)21(26)24(2)3/h4-12H,13H2,1-3H3,(H,22,25). The van der Waals surface area contributed by atoms with Crippen LogP contribution in [0.1, 0.15) is 32.0 Å². The summed E-state index contributed by atoms with van der Waals surface area (Å²) in [7, 11) is 3.44. The van der Waals surface area contributed by atoms with Gasteiger partial charge in [-0.1, -0.05) is 30.3 Å². The highest BCUT2D eigenvalue weighted by Crippen LogP contribution is 2.18. The van der Waals surface area contributed by atoms with Gasteiger partial charge in [0.1, 0.15) is 0 Å². The van der Waals surface area contributed by atoms with Gasteiger partial charge < -0.3 is 10.2 Å². The van der Waals surface area contributed by atoms with Crippen molar-refractivity contribution in [2.24, 2.45) is 0 Å². The summed E-state index contributed by atoms with van der Waals surface area (Å²) in [4.78, 5) is 30.6. The van der Waals surface area contributed by atoms with Crippen LogP contribution >= 0.6 is 0 Å². The zero-order chi connectivity index (χ0) is 18.7. The van der Waals surface area contributed by atoms with Crippen LogP contribution in [0.25, 0.3) is 10.9 Å². The van der Waals surface area contributed by atoms with Crippen molar-refractivity contribution in [2.75, 3.05) is 14.1 Å². The minimum Gasteiger partial charge on any atom is -0.348 e. The van der Waals surface area contributed by atoms with Gasteiger partial charge in [-0.3, -0.25) is 14.6 Å². The van der Waals surface area contributed by atoms with Crippen molar-refractivity contribution >= 4 is 22.7 Å². The number of hydrogen-bond donors (Lipinski definition) is 1. The number of para-hydroxylation sites is 1. The predicted octanol–water partition coefficient (Wildman–Crippen LogP) is 3.18. The van der Waals surface area contributed by atoms with Crippen molar-refractivity contribution in [3.63, 3.8) is 0 Å². The second kappa shape index (κ2) is 7.35. The number of fused-ring (bicyclic) bond motifs is 1. The number of pyridine rings is 1. The van der Waals surface area contributed by atoms with E-state index in [4.69, 9.17) is 0 Å². The third-order valence-corrected chi connectivity index (χ3v) is 4.15. The summed E-state index contributed by atoms with van der Waals surface area (Å²) in [5, 5.41) is 3.78. The van der Waals surface area contributed by atoms with Gasteiger partial charge in [-0.25, -0.2) is 0 Å². The summed E-state index contributed by atoms with van der Waals surface area (Å²) < 4.78 is 0. The molecule has 0 bridgehead atoms. The molecule has 3 aromatic rings. The Morgan fingerprint density at radius 3 is 2.42 bits per heavy atom. The van der Waals surface area contributed by atoms with Crippen LogP contribution in [-0.4, -0.2) is 35.8 Å². The van der Waals surface area contributed by atoms with Crippen LogP contribution in [-0.2, 0) is 6.54 Å². The monoisotopic (exact) mass is 347 g/mol. The molecule has 0 aliphatic carbocycles. The summed E-state index contributed by atoms with van der Waals surface area (Å²) in [6.07, 6.45) is 0. The first-order valence-electron chi connectivity index (χ1n) is 8.41. The third kappa shape index (κ3) is 3.72. The third-order valence-electron chi connectivity index (χ3n) is 4.15. The molecule has 0 fully saturated rings. The van der Waals surface area contributed by atoms with Gasteiger partial charge in [0.05, 0.1) is 11.1 Å². The Kier molecular flexibility index (Phi) is 4.98. The average molecular weight is 347 g/mol. The van der Waals surface area contributed by atoms with Crippen LogP contribution in [0.3, 0.4) is 0 Å². The minimum atomic E-state index is -0.139. The van der Waals surface area contributed by atoms with Crippen molar-refractivity contribution in [1.29, 1.82) is 0 Å². The van der Waals surface area contributed by atoms with Gasteiger partial charge in [0.15, 0.2) is 0 Å². The van der Waals surface area contributed by atoms with Gasteiger partial charge >= 0.3 is 0 Å².